The summed E-state index contributed by atoms with van der Waals surface area (Å²) >= 11 is 0. The van der Waals surface area contributed by atoms with Gasteiger partial charge in [0.25, 0.3) is 0 Å². The van der Waals surface area contributed by atoms with E-state index in [-0.39, 0.29) is 30.5 Å². The molecule has 1 heterocycles. The number of nitrogens with zero attached hydrogens (tertiary/aromatic N) is 3. The molecule has 5 nitrogen and oxygen atoms in total. The van der Waals surface area contributed by atoms with Gasteiger partial charge in [-0.1, -0.05) is 6.07 Å². The van der Waals surface area contributed by atoms with E-state index >= 15 is 0 Å². The van der Waals surface area contributed by atoms with Gasteiger partial charge in [0.15, 0.2) is 5.96 Å². The molecule has 1 rings (SSSR count). The molecule has 0 bridgehead atoms. The summed E-state index contributed by atoms with van der Waals surface area (Å²) < 4.78 is 36.5. The number of hydrogen-bond donors (Lipinski definition) is 2. The van der Waals surface area contributed by atoms with Gasteiger partial charge in [-0.05, 0) is 19.2 Å². The normalized spacial score (nSPS) is 12.0. The fraction of sp³-hybridized carbons (Fsp3) is 0.538. The summed E-state index contributed by atoms with van der Waals surface area (Å²) in [6.07, 6.45) is -2.48. The summed E-state index contributed by atoms with van der Waals surface area (Å²) in [6.45, 7) is 0.214. The zero-order valence-electron chi connectivity index (χ0n) is 12.5. The smallest absolute Gasteiger partial charge is 0.355 e. The summed E-state index contributed by atoms with van der Waals surface area (Å²) in [5, 5.41) is 6.00. The molecule has 126 valence electrons. The average Bonchev–Trinajstić information content (AvgIpc) is 2.41. The van der Waals surface area contributed by atoms with Crippen molar-refractivity contribution in [3.63, 3.8) is 0 Å². The van der Waals surface area contributed by atoms with Crippen LogP contribution >= 0.6 is 24.0 Å². The molecule has 0 aliphatic carbocycles. The topological polar surface area (TPSA) is 52.6 Å². The lowest BCUT2D eigenvalue weighted by atomic mass is 10.3. The van der Waals surface area contributed by atoms with Crippen molar-refractivity contribution in [2.24, 2.45) is 4.99 Å². The van der Waals surface area contributed by atoms with Crippen molar-refractivity contribution in [3.8, 4) is 0 Å². The number of halogens is 4. The molecule has 0 aliphatic heterocycles. The lowest BCUT2D eigenvalue weighted by Crippen LogP contribution is -2.42. The van der Waals surface area contributed by atoms with Crippen LogP contribution in [0, 0.1) is 0 Å². The van der Waals surface area contributed by atoms with Gasteiger partial charge in [-0.3, -0.25) is 14.9 Å². The van der Waals surface area contributed by atoms with Crippen LogP contribution in [0.25, 0.3) is 0 Å². The van der Waals surface area contributed by atoms with Crippen molar-refractivity contribution in [3.05, 3.63) is 30.1 Å². The third-order valence-corrected chi connectivity index (χ3v) is 2.62. The van der Waals surface area contributed by atoms with Crippen LogP contribution in [0.3, 0.4) is 0 Å². The fourth-order valence-corrected chi connectivity index (χ4v) is 1.65. The van der Waals surface area contributed by atoms with Gasteiger partial charge >= 0.3 is 6.18 Å². The highest BCUT2D eigenvalue weighted by Gasteiger charge is 2.28. The van der Waals surface area contributed by atoms with Gasteiger partial charge in [0.05, 0.1) is 18.8 Å². The van der Waals surface area contributed by atoms with Gasteiger partial charge in [-0.15, -0.1) is 24.0 Å². The summed E-state index contributed by atoms with van der Waals surface area (Å²) in [5.74, 6) is 0.529. The zero-order valence-corrected chi connectivity index (χ0v) is 14.9. The van der Waals surface area contributed by atoms with Crippen LogP contribution in [0.15, 0.2) is 29.4 Å². The van der Waals surface area contributed by atoms with Crippen LogP contribution in [0.4, 0.5) is 13.2 Å². The maximum Gasteiger partial charge on any atom is 0.401 e. The quantitative estimate of drug-likeness (QED) is 0.410. The Labute approximate surface area is 145 Å². The lowest BCUT2D eigenvalue weighted by molar-refractivity contribution is -0.142. The maximum atomic E-state index is 12.2. The molecule has 0 aliphatic rings. The van der Waals surface area contributed by atoms with Gasteiger partial charge < -0.3 is 10.6 Å². The molecule has 0 spiro atoms. The summed E-state index contributed by atoms with van der Waals surface area (Å²) in [7, 11) is 3.03. The number of pyridine rings is 1. The number of hydrogen-bond acceptors (Lipinski definition) is 3. The SMILES string of the molecule is CN=C(NCCN(C)CC(F)(F)F)NCc1ccccn1.I. The molecule has 9 heteroatoms. The van der Waals surface area contributed by atoms with Gasteiger partial charge in [-0.2, -0.15) is 13.2 Å². The Morgan fingerprint density at radius 2 is 2.05 bits per heavy atom. The first-order chi connectivity index (χ1) is 9.90. The Morgan fingerprint density at radius 3 is 2.59 bits per heavy atom. The molecule has 1 aromatic rings. The molecule has 0 aromatic carbocycles. The first-order valence-electron chi connectivity index (χ1n) is 6.50. The minimum Gasteiger partial charge on any atom is -0.355 e. The Kier molecular flexibility index (Phi) is 10.1. The van der Waals surface area contributed by atoms with Gasteiger partial charge in [-0.25, -0.2) is 0 Å². The molecule has 0 radical (unpaired) electrons. The van der Waals surface area contributed by atoms with E-state index in [0.29, 0.717) is 19.0 Å². The predicted octanol–water partition coefficient (Wildman–Crippen LogP) is 1.86. The number of likely N-dealkylation sites (N-methyl/N-ethyl adjacent to an activating group) is 1. The first-order valence-corrected chi connectivity index (χ1v) is 6.50. The Bertz CT molecular complexity index is 439. The van der Waals surface area contributed by atoms with E-state index in [0.717, 1.165) is 5.69 Å². The van der Waals surface area contributed by atoms with E-state index in [1.807, 2.05) is 18.2 Å². The van der Waals surface area contributed by atoms with Crippen LogP contribution in [0.1, 0.15) is 5.69 Å². The third kappa shape index (κ3) is 9.77. The van der Waals surface area contributed by atoms with Gasteiger partial charge in [0.1, 0.15) is 0 Å². The molecule has 22 heavy (non-hydrogen) atoms. The number of rotatable bonds is 6. The van der Waals surface area contributed by atoms with E-state index in [1.165, 1.54) is 11.9 Å². The standard InChI is InChI=1S/C13H20F3N5.HI/c1-17-12(20-9-11-5-3-4-6-18-11)19-7-8-21(2)10-13(14,15)16;/h3-6H,7-10H2,1-2H3,(H2,17,19,20);1H. The van der Waals surface area contributed by atoms with Crippen LogP contribution in [0.5, 0.6) is 0 Å². The van der Waals surface area contributed by atoms with Crippen LogP contribution in [0.2, 0.25) is 0 Å². The second-order valence-electron chi connectivity index (χ2n) is 4.53. The van der Waals surface area contributed by atoms with Gasteiger partial charge in [0, 0.05) is 26.3 Å². The Hall–Kier alpha value is -1.10. The monoisotopic (exact) mass is 431 g/mol. The number of guanidine groups is 1. The Morgan fingerprint density at radius 1 is 1.32 bits per heavy atom. The summed E-state index contributed by atoms with van der Waals surface area (Å²) in [6, 6.07) is 5.58. The van der Waals surface area contributed by atoms with E-state index in [2.05, 4.69) is 20.6 Å². The molecular formula is C13H21F3IN5. The van der Waals surface area contributed by atoms with Crippen molar-refractivity contribution < 1.29 is 13.2 Å². The molecule has 2 N–H and O–H groups in total. The van der Waals surface area contributed by atoms with Crippen LogP contribution in [-0.2, 0) is 6.54 Å². The van der Waals surface area contributed by atoms with Crippen LogP contribution in [-0.4, -0.2) is 55.7 Å². The molecule has 0 fully saturated rings. The van der Waals surface area contributed by atoms with Crippen molar-refractivity contribution >= 4 is 29.9 Å². The first kappa shape index (κ1) is 20.9. The predicted molar refractivity (Wildman–Crippen MR) is 91.4 cm³/mol. The average molecular weight is 431 g/mol. The molecular weight excluding hydrogens is 410 g/mol. The largest absolute Gasteiger partial charge is 0.401 e. The van der Waals surface area contributed by atoms with Crippen molar-refractivity contribution in [1.82, 2.24) is 20.5 Å². The number of aromatic nitrogens is 1. The summed E-state index contributed by atoms with van der Waals surface area (Å²) in [4.78, 5) is 9.36. The molecule has 0 atom stereocenters. The van der Waals surface area contributed by atoms with Gasteiger partial charge in [0.2, 0.25) is 0 Å². The molecule has 0 saturated carbocycles. The highest BCUT2D eigenvalue weighted by Crippen LogP contribution is 2.14. The minimum absolute atomic E-state index is 0. The Balaban J connectivity index is 0.00000441. The van der Waals surface area contributed by atoms with Crippen molar-refractivity contribution in [2.75, 3.05) is 33.7 Å². The third-order valence-electron chi connectivity index (χ3n) is 2.62. The fourth-order valence-electron chi connectivity index (χ4n) is 1.65. The van der Waals surface area contributed by atoms with E-state index in [4.69, 9.17) is 0 Å². The lowest BCUT2D eigenvalue weighted by Gasteiger charge is -2.19. The van der Waals surface area contributed by atoms with E-state index in [1.54, 1.807) is 13.2 Å². The number of nitrogens with one attached hydrogen (secondary N) is 2. The molecule has 1 aromatic heterocycles. The number of aliphatic imine (C=N–C) groups is 1. The zero-order chi connectivity index (χ0) is 15.7. The number of alkyl halides is 3. The molecule has 0 unspecified atom stereocenters. The van der Waals surface area contributed by atoms with Crippen molar-refractivity contribution in [2.45, 2.75) is 12.7 Å². The van der Waals surface area contributed by atoms with E-state index < -0.39 is 12.7 Å². The van der Waals surface area contributed by atoms with E-state index in [9.17, 15) is 13.2 Å². The van der Waals surface area contributed by atoms with Crippen LogP contribution < -0.4 is 10.6 Å². The van der Waals surface area contributed by atoms with Crippen molar-refractivity contribution in [1.29, 1.82) is 0 Å². The molecule has 0 amide bonds. The molecule has 0 saturated heterocycles. The second-order valence-corrected chi connectivity index (χ2v) is 4.53. The highest BCUT2D eigenvalue weighted by molar-refractivity contribution is 14.0. The second kappa shape index (κ2) is 10.6. The minimum atomic E-state index is -4.17. The highest BCUT2D eigenvalue weighted by atomic mass is 127. The maximum absolute atomic E-state index is 12.2. The summed E-state index contributed by atoms with van der Waals surface area (Å²) in [5.41, 5.74) is 0.856.